The van der Waals surface area contributed by atoms with Gasteiger partial charge >= 0.3 is 0 Å². The minimum atomic E-state index is -3.05. The first kappa shape index (κ1) is 13.5. The number of sulfone groups is 1. The van der Waals surface area contributed by atoms with Gasteiger partial charge in [-0.25, -0.2) is 8.42 Å². The van der Waals surface area contributed by atoms with Crippen LogP contribution in [0.1, 0.15) is 5.56 Å². The van der Waals surface area contributed by atoms with Gasteiger partial charge in [0.05, 0.1) is 11.5 Å². The van der Waals surface area contributed by atoms with E-state index in [-0.39, 0.29) is 11.5 Å². The topological polar surface area (TPSA) is 59.9 Å². The number of aromatic nitrogens is 2. The van der Waals surface area contributed by atoms with Crippen LogP contribution >= 0.6 is 23.1 Å². The van der Waals surface area contributed by atoms with E-state index in [9.17, 15) is 8.42 Å². The maximum Gasteiger partial charge on any atom is 0.174 e. The first-order valence-electron chi connectivity index (χ1n) is 5.29. The Balaban J connectivity index is 1.84. The van der Waals surface area contributed by atoms with Gasteiger partial charge in [-0.1, -0.05) is 53.4 Å². The minimum absolute atomic E-state index is 0.102. The number of hydrogen-bond donors (Lipinski definition) is 0. The van der Waals surface area contributed by atoms with E-state index in [0.717, 1.165) is 9.90 Å². The average molecular weight is 300 g/mol. The summed E-state index contributed by atoms with van der Waals surface area (Å²) >= 11 is 2.85. The third-order valence-corrected chi connectivity index (χ3v) is 5.91. The minimum Gasteiger partial charge on any atom is -0.228 e. The Labute approximate surface area is 114 Å². The summed E-state index contributed by atoms with van der Waals surface area (Å²) in [6.07, 6.45) is 0. The first-order chi connectivity index (χ1) is 8.66. The van der Waals surface area contributed by atoms with Gasteiger partial charge in [-0.05, 0) is 5.56 Å². The van der Waals surface area contributed by atoms with E-state index in [4.69, 9.17) is 0 Å². The molecule has 1 aromatic carbocycles. The average Bonchev–Trinajstić information content (AvgIpc) is 2.82. The van der Waals surface area contributed by atoms with Crippen molar-refractivity contribution in [3.63, 3.8) is 0 Å². The molecule has 4 nitrogen and oxygen atoms in total. The zero-order valence-electron chi connectivity index (χ0n) is 9.52. The second-order valence-corrected chi connectivity index (χ2v) is 7.99. The zero-order chi connectivity index (χ0) is 12.8. The van der Waals surface area contributed by atoms with Crippen molar-refractivity contribution in [3.05, 3.63) is 41.4 Å². The molecule has 0 bridgehead atoms. The number of rotatable bonds is 6. The fourth-order valence-corrected chi connectivity index (χ4v) is 4.79. The van der Waals surface area contributed by atoms with Crippen LogP contribution < -0.4 is 0 Å². The number of benzene rings is 1. The van der Waals surface area contributed by atoms with Crippen molar-refractivity contribution in [2.45, 2.75) is 10.1 Å². The summed E-state index contributed by atoms with van der Waals surface area (Å²) in [6.45, 7) is 0. The van der Waals surface area contributed by atoms with Crippen LogP contribution in [0, 0.1) is 0 Å². The molecule has 7 heteroatoms. The highest BCUT2D eigenvalue weighted by Gasteiger charge is 2.12. The molecule has 0 amide bonds. The van der Waals surface area contributed by atoms with Crippen molar-refractivity contribution >= 4 is 32.9 Å². The van der Waals surface area contributed by atoms with Gasteiger partial charge in [-0.15, -0.1) is 10.2 Å². The Morgan fingerprint density at radius 2 is 2.00 bits per heavy atom. The lowest BCUT2D eigenvalue weighted by atomic mass is 10.2. The van der Waals surface area contributed by atoms with Crippen LogP contribution in [0.2, 0.25) is 0 Å². The predicted octanol–water partition coefficient (Wildman–Crippen LogP) is 2.25. The summed E-state index contributed by atoms with van der Waals surface area (Å²) in [5, 5.41) is 7.56. The van der Waals surface area contributed by atoms with Crippen LogP contribution in [0.25, 0.3) is 0 Å². The first-order valence-corrected chi connectivity index (χ1v) is 8.98. The van der Waals surface area contributed by atoms with Crippen molar-refractivity contribution in [2.75, 3.05) is 11.5 Å². The summed E-state index contributed by atoms with van der Waals surface area (Å²) in [6, 6.07) is 9.23. The number of hydrogen-bond acceptors (Lipinski definition) is 6. The summed E-state index contributed by atoms with van der Waals surface area (Å²) < 4.78 is 24.6. The Morgan fingerprint density at radius 1 is 1.22 bits per heavy atom. The van der Waals surface area contributed by atoms with E-state index in [1.807, 2.05) is 30.3 Å². The highest BCUT2D eigenvalue weighted by atomic mass is 32.2. The fourth-order valence-electron chi connectivity index (χ4n) is 1.38. The lowest BCUT2D eigenvalue weighted by Crippen LogP contribution is -2.11. The molecule has 2 rings (SSSR count). The van der Waals surface area contributed by atoms with Gasteiger partial charge < -0.3 is 0 Å². The highest BCUT2D eigenvalue weighted by molar-refractivity contribution is 8.02. The van der Waals surface area contributed by atoms with Crippen molar-refractivity contribution in [2.24, 2.45) is 0 Å². The molecule has 0 aliphatic heterocycles. The van der Waals surface area contributed by atoms with Crippen molar-refractivity contribution in [3.8, 4) is 0 Å². The second kappa shape index (κ2) is 6.31. The molecule has 18 heavy (non-hydrogen) atoms. The van der Waals surface area contributed by atoms with Gasteiger partial charge in [0.1, 0.15) is 5.51 Å². The monoisotopic (exact) mass is 300 g/mol. The van der Waals surface area contributed by atoms with E-state index < -0.39 is 9.84 Å². The van der Waals surface area contributed by atoms with Crippen molar-refractivity contribution in [1.82, 2.24) is 10.2 Å². The summed E-state index contributed by atoms with van der Waals surface area (Å²) in [5.74, 6) is 0.779. The molecule has 0 aliphatic carbocycles. The molecular weight excluding hydrogens is 288 g/mol. The standard InChI is InChI=1S/C11H12N2O2S3/c14-18(15,8-10-4-2-1-3-5-10)7-6-16-11-13-12-9-17-11/h1-5,9H,6-8H2. The van der Waals surface area contributed by atoms with Gasteiger partial charge in [0.25, 0.3) is 0 Å². The molecule has 1 heterocycles. The lowest BCUT2D eigenvalue weighted by molar-refractivity contribution is 0.597. The van der Waals surface area contributed by atoms with Crippen LogP contribution in [0.3, 0.4) is 0 Å². The molecule has 0 radical (unpaired) electrons. The zero-order valence-corrected chi connectivity index (χ0v) is 12.0. The number of nitrogens with zero attached hydrogens (tertiary/aromatic N) is 2. The maximum absolute atomic E-state index is 11.9. The van der Waals surface area contributed by atoms with Crippen LogP contribution in [0.5, 0.6) is 0 Å². The van der Waals surface area contributed by atoms with Crippen molar-refractivity contribution in [1.29, 1.82) is 0 Å². The summed E-state index contributed by atoms with van der Waals surface area (Å²) in [7, 11) is -3.05. The molecule has 0 unspecified atom stereocenters. The Hall–Kier alpha value is -0.920. The quantitative estimate of drug-likeness (QED) is 0.766. The second-order valence-electron chi connectivity index (χ2n) is 3.63. The van der Waals surface area contributed by atoms with Crippen LogP contribution in [-0.4, -0.2) is 30.1 Å². The van der Waals surface area contributed by atoms with Gasteiger partial charge in [0.2, 0.25) is 0 Å². The lowest BCUT2D eigenvalue weighted by Gasteiger charge is -2.03. The third kappa shape index (κ3) is 4.40. The van der Waals surface area contributed by atoms with Crippen LogP contribution in [-0.2, 0) is 15.6 Å². The highest BCUT2D eigenvalue weighted by Crippen LogP contribution is 2.19. The van der Waals surface area contributed by atoms with E-state index in [1.54, 1.807) is 5.51 Å². The Kier molecular flexibility index (Phi) is 4.73. The Morgan fingerprint density at radius 3 is 2.67 bits per heavy atom. The normalized spacial score (nSPS) is 11.6. The van der Waals surface area contributed by atoms with Crippen molar-refractivity contribution < 1.29 is 8.42 Å². The molecule has 0 saturated carbocycles. The maximum atomic E-state index is 11.9. The smallest absolute Gasteiger partial charge is 0.174 e. The molecule has 0 fully saturated rings. The van der Waals surface area contributed by atoms with E-state index in [0.29, 0.717) is 5.75 Å². The van der Waals surface area contributed by atoms with Gasteiger partial charge in [0.15, 0.2) is 14.2 Å². The third-order valence-electron chi connectivity index (χ3n) is 2.19. The van der Waals surface area contributed by atoms with Gasteiger partial charge in [0, 0.05) is 5.75 Å². The van der Waals surface area contributed by atoms with E-state index in [1.165, 1.54) is 23.1 Å². The molecule has 96 valence electrons. The van der Waals surface area contributed by atoms with Crippen LogP contribution in [0.15, 0.2) is 40.2 Å². The SMILES string of the molecule is O=S(=O)(CCSc1nncs1)Cc1ccccc1. The summed E-state index contributed by atoms with van der Waals surface area (Å²) in [4.78, 5) is 0. The fraction of sp³-hybridized carbons (Fsp3) is 0.273. The Bertz CT molecular complexity index is 568. The molecule has 2 aromatic rings. The van der Waals surface area contributed by atoms with Gasteiger partial charge in [-0.3, -0.25) is 0 Å². The van der Waals surface area contributed by atoms with Crippen LogP contribution in [0.4, 0.5) is 0 Å². The predicted molar refractivity (Wildman–Crippen MR) is 74.6 cm³/mol. The molecule has 0 saturated heterocycles. The summed E-state index contributed by atoms with van der Waals surface area (Å²) in [5.41, 5.74) is 2.47. The molecule has 0 spiro atoms. The van der Waals surface area contributed by atoms with Gasteiger partial charge in [-0.2, -0.15) is 0 Å². The molecule has 0 atom stereocenters. The van der Waals surface area contributed by atoms with E-state index >= 15 is 0 Å². The number of thioether (sulfide) groups is 1. The molecule has 1 aromatic heterocycles. The molecular formula is C11H12N2O2S3. The molecule has 0 aliphatic rings. The van der Waals surface area contributed by atoms with E-state index in [2.05, 4.69) is 10.2 Å². The molecule has 0 N–H and O–H groups in total. The largest absolute Gasteiger partial charge is 0.228 e.